The molecule has 2 aliphatic heterocycles. The quantitative estimate of drug-likeness (QED) is 0.610. The van der Waals surface area contributed by atoms with Crippen molar-refractivity contribution in [3.63, 3.8) is 0 Å². The number of likely N-dealkylation sites (tertiary alicyclic amines) is 1. The molecule has 0 spiro atoms. The van der Waals surface area contributed by atoms with Crippen LogP contribution in [0, 0.1) is 23.2 Å². The second kappa shape index (κ2) is 9.50. The zero-order chi connectivity index (χ0) is 23.5. The number of nitrogens with zero attached hydrogens (tertiary/aromatic N) is 3. The number of rotatable bonds is 6. The van der Waals surface area contributed by atoms with Gasteiger partial charge in [-0.05, 0) is 66.6 Å². The molecule has 170 valence electrons. The van der Waals surface area contributed by atoms with E-state index in [-0.39, 0.29) is 11.8 Å². The van der Waals surface area contributed by atoms with Crippen LogP contribution in [0.3, 0.4) is 0 Å². The van der Waals surface area contributed by atoms with Gasteiger partial charge in [0, 0.05) is 13.1 Å². The molecule has 1 atom stereocenters. The van der Waals surface area contributed by atoms with Crippen LogP contribution in [0.1, 0.15) is 44.7 Å². The minimum atomic E-state index is -0.339. The van der Waals surface area contributed by atoms with Crippen LogP contribution in [-0.4, -0.2) is 36.4 Å². The fraction of sp³-hybridized carbons (Fsp3) is 0.370. The van der Waals surface area contributed by atoms with Gasteiger partial charge >= 0.3 is 0 Å². The predicted octanol–water partition coefficient (Wildman–Crippen LogP) is 4.61. The zero-order valence-electron chi connectivity index (χ0n) is 19.4. The van der Waals surface area contributed by atoms with Gasteiger partial charge in [0.2, 0.25) is 0 Å². The first-order valence-electron chi connectivity index (χ1n) is 11.5. The number of hydrogen-bond acceptors (Lipinski definition) is 5. The van der Waals surface area contributed by atoms with Gasteiger partial charge in [-0.15, -0.1) is 0 Å². The maximum atomic E-state index is 13.6. The van der Waals surface area contributed by atoms with Crippen LogP contribution < -0.4 is 9.64 Å². The van der Waals surface area contributed by atoms with E-state index in [9.17, 15) is 9.59 Å². The number of ether oxygens (including phenoxy) is 1. The first kappa shape index (κ1) is 22.6. The number of carbonyl (C=O) groups excluding carboxylic acids is 2. The molecule has 6 heteroatoms. The van der Waals surface area contributed by atoms with Crippen molar-refractivity contribution in [1.82, 2.24) is 4.90 Å². The molecule has 0 saturated carbocycles. The van der Waals surface area contributed by atoms with E-state index in [1.165, 1.54) is 4.90 Å². The molecule has 2 heterocycles. The van der Waals surface area contributed by atoms with Crippen LogP contribution >= 0.6 is 0 Å². The van der Waals surface area contributed by atoms with E-state index >= 15 is 0 Å². The van der Waals surface area contributed by atoms with Crippen LogP contribution in [0.15, 0.2) is 54.2 Å². The standard InChI is InChI=1S/C27H29N3O3/c1-18(2)17-33-23-12-8-21(9-13-23)24-25(29-14-4-5-19(3)16-29)27(32)30(26(24)31)22-10-6-20(15-28)7-11-22/h6-13,18-19H,4-5,14,16-17H2,1-3H3. The van der Waals surface area contributed by atoms with Crippen LogP contribution in [-0.2, 0) is 9.59 Å². The monoisotopic (exact) mass is 443 g/mol. The molecule has 1 unspecified atom stereocenters. The highest BCUT2D eigenvalue weighted by molar-refractivity contribution is 6.45. The van der Waals surface area contributed by atoms with Crippen molar-refractivity contribution in [2.24, 2.45) is 11.8 Å². The minimum absolute atomic E-state index is 0.311. The molecule has 1 saturated heterocycles. The number of nitriles is 1. The van der Waals surface area contributed by atoms with E-state index in [0.717, 1.165) is 31.7 Å². The summed E-state index contributed by atoms with van der Waals surface area (Å²) in [6, 6.07) is 16.0. The van der Waals surface area contributed by atoms with Gasteiger partial charge in [-0.1, -0.05) is 32.9 Å². The van der Waals surface area contributed by atoms with Gasteiger partial charge in [0.1, 0.15) is 11.4 Å². The number of imide groups is 1. The average molecular weight is 444 g/mol. The molecule has 0 bridgehead atoms. The molecule has 2 aromatic carbocycles. The Morgan fingerprint density at radius 2 is 1.76 bits per heavy atom. The number of amides is 2. The summed E-state index contributed by atoms with van der Waals surface area (Å²) in [7, 11) is 0. The fourth-order valence-corrected chi connectivity index (χ4v) is 4.36. The lowest BCUT2D eigenvalue weighted by Gasteiger charge is -2.33. The van der Waals surface area contributed by atoms with Crippen molar-refractivity contribution < 1.29 is 14.3 Å². The SMILES string of the molecule is CC(C)COc1ccc(C2=C(N3CCCC(C)C3)C(=O)N(c3ccc(C#N)cc3)C2=O)cc1. The highest BCUT2D eigenvalue weighted by Gasteiger charge is 2.43. The summed E-state index contributed by atoms with van der Waals surface area (Å²) >= 11 is 0. The van der Waals surface area contributed by atoms with Crippen molar-refractivity contribution in [2.75, 3.05) is 24.6 Å². The third-order valence-electron chi connectivity index (χ3n) is 6.01. The third-order valence-corrected chi connectivity index (χ3v) is 6.01. The smallest absolute Gasteiger partial charge is 0.282 e. The Balaban J connectivity index is 1.72. The van der Waals surface area contributed by atoms with E-state index in [0.29, 0.717) is 46.5 Å². The molecule has 0 radical (unpaired) electrons. The molecule has 1 fully saturated rings. The van der Waals surface area contributed by atoms with Gasteiger partial charge in [0.05, 0.1) is 29.5 Å². The topological polar surface area (TPSA) is 73.6 Å². The Labute approximate surface area is 195 Å². The molecule has 33 heavy (non-hydrogen) atoms. The molecule has 0 aromatic heterocycles. The van der Waals surface area contributed by atoms with E-state index in [2.05, 4.69) is 31.7 Å². The van der Waals surface area contributed by atoms with Crippen molar-refractivity contribution in [1.29, 1.82) is 5.26 Å². The van der Waals surface area contributed by atoms with Crippen molar-refractivity contribution in [3.05, 3.63) is 65.4 Å². The largest absolute Gasteiger partial charge is 0.493 e. The van der Waals surface area contributed by atoms with E-state index < -0.39 is 0 Å². The Bertz CT molecular complexity index is 1110. The molecular formula is C27H29N3O3. The highest BCUT2D eigenvalue weighted by atomic mass is 16.5. The summed E-state index contributed by atoms with van der Waals surface area (Å²) in [6.45, 7) is 8.46. The maximum Gasteiger partial charge on any atom is 0.282 e. The molecule has 4 rings (SSSR count). The summed E-state index contributed by atoms with van der Waals surface area (Å²) in [5, 5.41) is 9.09. The Morgan fingerprint density at radius 3 is 2.36 bits per heavy atom. The van der Waals surface area contributed by atoms with Crippen molar-refractivity contribution in [3.8, 4) is 11.8 Å². The zero-order valence-corrected chi connectivity index (χ0v) is 19.4. The number of hydrogen-bond donors (Lipinski definition) is 0. The Morgan fingerprint density at radius 1 is 1.06 bits per heavy atom. The van der Waals surface area contributed by atoms with Crippen LogP contribution in [0.4, 0.5) is 5.69 Å². The maximum absolute atomic E-state index is 13.6. The average Bonchev–Trinajstić information content (AvgIpc) is 3.08. The number of carbonyl (C=O) groups is 2. The first-order valence-corrected chi connectivity index (χ1v) is 11.5. The van der Waals surface area contributed by atoms with E-state index in [1.807, 2.05) is 24.3 Å². The molecular weight excluding hydrogens is 414 g/mol. The fourth-order valence-electron chi connectivity index (χ4n) is 4.36. The summed E-state index contributed by atoms with van der Waals surface area (Å²) in [5.74, 6) is 0.950. The van der Waals surface area contributed by atoms with Gasteiger partial charge in [-0.3, -0.25) is 9.59 Å². The van der Waals surface area contributed by atoms with Crippen LogP contribution in [0.2, 0.25) is 0 Å². The third kappa shape index (κ3) is 4.63. The summed E-state index contributed by atoms with van der Waals surface area (Å²) in [4.78, 5) is 30.5. The molecule has 6 nitrogen and oxygen atoms in total. The predicted molar refractivity (Wildman–Crippen MR) is 127 cm³/mol. The Hall–Kier alpha value is -3.59. The number of benzene rings is 2. The van der Waals surface area contributed by atoms with Crippen LogP contribution in [0.5, 0.6) is 5.75 Å². The molecule has 2 amide bonds. The van der Waals surface area contributed by atoms with Gasteiger partial charge < -0.3 is 9.64 Å². The second-order valence-corrected chi connectivity index (χ2v) is 9.25. The van der Waals surface area contributed by atoms with Crippen molar-refractivity contribution in [2.45, 2.75) is 33.6 Å². The highest BCUT2D eigenvalue weighted by Crippen LogP contribution is 2.37. The molecule has 2 aromatic rings. The molecule has 2 aliphatic rings. The second-order valence-electron chi connectivity index (χ2n) is 9.25. The first-order chi connectivity index (χ1) is 15.9. The molecule has 0 N–H and O–H groups in total. The van der Waals surface area contributed by atoms with Gasteiger partial charge in [-0.2, -0.15) is 5.26 Å². The normalized spacial score (nSPS) is 18.8. The minimum Gasteiger partial charge on any atom is -0.493 e. The van der Waals surface area contributed by atoms with Gasteiger partial charge in [0.25, 0.3) is 11.8 Å². The number of piperidine rings is 1. The summed E-state index contributed by atoms with van der Waals surface area (Å²) < 4.78 is 5.79. The lowest BCUT2D eigenvalue weighted by molar-refractivity contribution is -0.120. The lowest BCUT2D eigenvalue weighted by Crippen LogP contribution is -2.39. The number of anilines is 1. The van der Waals surface area contributed by atoms with Gasteiger partial charge in [-0.25, -0.2) is 4.90 Å². The summed E-state index contributed by atoms with van der Waals surface area (Å²) in [6.07, 6.45) is 2.10. The van der Waals surface area contributed by atoms with E-state index in [1.54, 1.807) is 24.3 Å². The van der Waals surface area contributed by atoms with Crippen LogP contribution in [0.25, 0.3) is 5.57 Å². The van der Waals surface area contributed by atoms with E-state index in [4.69, 9.17) is 10.00 Å². The lowest BCUT2D eigenvalue weighted by atomic mass is 9.97. The van der Waals surface area contributed by atoms with Crippen molar-refractivity contribution >= 4 is 23.1 Å². The molecule has 0 aliphatic carbocycles. The Kier molecular flexibility index (Phi) is 6.50. The summed E-state index contributed by atoms with van der Waals surface area (Å²) in [5.41, 5.74) is 2.54. The van der Waals surface area contributed by atoms with Gasteiger partial charge in [0.15, 0.2) is 0 Å².